The zero-order chi connectivity index (χ0) is 24.6. The van der Waals surface area contributed by atoms with Gasteiger partial charge in [-0.1, -0.05) is 27.7 Å². The molecule has 9 nitrogen and oxygen atoms in total. The summed E-state index contributed by atoms with van der Waals surface area (Å²) in [5.74, 6) is -1.76. The maximum Gasteiger partial charge on any atom is 0.408 e. The first-order chi connectivity index (χ1) is 14.7. The molecule has 1 rings (SSSR count). The average molecular weight is 456 g/mol. The molecule has 32 heavy (non-hydrogen) atoms. The molecule has 1 aliphatic rings. The van der Waals surface area contributed by atoms with E-state index in [9.17, 15) is 24.3 Å². The Morgan fingerprint density at radius 1 is 0.906 bits per heavy atom. The smallest absolute Gasteiger partial charge is 0.408 e. The molecule has 2 atom stereocenters. The summed E-state index contributed by atoms with van der Waals surface area (Å²) in [5, 5.41) is 17.5. The van der Waals surface area contributed by atoms with Gasteiger partial charge in [0.25, 0.3) is 0 Å². The van der Waals surface area contributed by atoms with Gasteiger partial charge >= 0.3 is 12.1 Å². The quantitative estimate of drug-likeness (QED) is 0.422. The van der Waals surface area contributed by atoms with E-state index >= 15 is 0 Å². The lowest BCUT2D eigenvalue weighted by molar-refractivity contribution is -0.144. The number of carboxylic acid groups (broad SMARTS) is 1. The number of amides is 3. The van der Waals surface area contributed by atoms with Crippen LogP contribution in [0.25, 0.3) is 0 Å². The summed E-state index contributed by atoms with van der Waals surface area (Å²) >= 11 is 0. The second-order valence-electron chi connectivity index (χ2n) is 10.4. The Morgan fingerprint density at radius 2 is 1.44 bits per heavy atom. The second-order valence-corrected chi connectivity index (χ2v) is 10.4. The predicted molar refractivity (Wildman–Crippen MR) is 121 cm³/mol. The van der Waals surface area contributed by atoms with Gasteiger partial charge in [0.05, 0.1) is 0 Å². The van der Waals surface area contributed by atoms with Crippen LogP contribution in [0.15, 0.2) is 0 Å². The summed E-state index contributed by atoms with van der Waals surface area (Å²) in [4.78, 5) is 48.5. The highest BCUT2D eigenvalue weighted by Crippen LogP contribution is 2.29. The van der Waals surface area contributed by atoms with E-state index in [1.54, 1.807) is 34.6 Å². The number of rotatable bonds is 9. The first-order valence-corrected chi connectivity index (χ1v) is 11.5. The monoisotopic (exact) mass is 455 g/mol. The van der Waals surface area contributed by atoms with Crippen molar-refractivity contribution in [2.45, 2.75) is 91.8 Å². The molecule has 0 radical (unpaired) electrons. The number of aliphatic carboxylic acids is 1. The third-order valence-electron chi connectivity index (χ3n) is 5.63. The minimum Gasteiger partial charge on any atom is -0.480 e. The SMILES string of the molecule is CC(C)[C@@H](NC(=O)C1CCC(CNC(=O)[C@H](NC(=O)OC(C)(C)C)C(C)C)CC1)C(=O)O. The Hall–Kier alpha value is -2.32. The molecule has 0 aromatic rings. The highest BCUT2D eigenvalue weighted by Gasteiger charge is 2.32. The number of carbonyl (C=O) groups is 4. The lowest BCUT2D eigenvalue weighted by Crippen LogP contribution is -2.51. The molecule has 0 saturated heterocycles. The molecule has 0 aromatic heterocycles. The summed E-state index contributed by atoms with van der Waals surface area (Å²) in [6.45, 7) is 13.0. The standard InChI is InChI=1S/C23H41N3O6/c1-13(2)17(26-22(31)32-23(5,6)7)20(28)24-12-15-8-10-16(11-9-15)19(27)25-18(14(3)4)21(29)30/h13-18H,8-12H2,1-7H3,(H,24,28)(H,25,27)(H,26,31)(H,29,30)/t15?,16?,17-,18-/m1/s1. The van der Waals surface area contributed by atoms with E-state index in [0.717, 1.165) is 12.8 Å². The van der Waals surface area contributed by atoms with E-state index < -0.39 is 29.7 Å². The van der Waals surface area contributed by atoms with Crippen LogP contribution in [0.5, 0.6) is 0 Å². The largest absolute Gasteiger partial charge is 0.480 e. The topological polar surface area (TPSA) is 134 Å². The number of carbonyl (C=O) groups excluding carboxylic acids is 3. The first-order valence-electron chi connectivity index (χ1n) is 11.5. The summed E-state index contributed by atoms with van der Waals surface area (Å²) in [6, 6.07) is -1.58. The summed E-state index contributed by atoms with van der Waals surface area (Å²) in [5.41, 5.74) is -0.646. The van der Waals surface area contributed by atoms with Crippen molar-refractivity contribution in [2.24, 2.45) is 23.7 Å². The maximum absolute atomic E-state index is 12.6. The van der Waals surface area contributed by atoms with Crippen molar-refractivity contribution in [2.75, 3.05) is 6.54 Å². The van der Waals surface area contributed by atoms with Crippen LogP contribution >= 0.6 is 0 Å². The molecular formula is C23H41N3O6. The number of carboxylic acids is 1. The Balaban J connectivity index is 2.50. The molecule has 1 saturated carbocycles. The lowest BCUT2D eigenvalue weighted by Gasteiger charge is -2.30. The van der Waals surface area contributed by atoms with Gasteiger partial charge in [0.15, 0.2) is 0 Å². The fourth-order valence-electron chi connectivity index (χ4n) is 3.74. The van der Waals surface area contributed by atoms with E-state index in [1.165, 1.54) is 0 Å². The predicted octanol–water partition coefficient (Wildman–Crippen LogP) is 2.68. The first kappa shape index (κ1) is 27.7. The fourth-order valence-corrected chi connectivity index (χ4v) is 3.74. The Bertz CT molecular complexity index is 663. The number of alkyl carbamates (subject to hydrolysis) is 1. The molecule has 0 aromatic carbocycles. The van der Waals surface area contributed by atoms with Crippen LogP contribution in [0.2, 0.25) is 0 Å². The van der Waals surface area contributed by atoms with E-state index in [4.69, 9.17) is 4.74 Å². The molecular weight excluding hydrogens is 414 g/mol. The minimum atomic E-state index is -1.02. The molecule has 1 aliphatic carbocycles. The molecule has 0 bridgehead atoms. The van der Waals surface area contributed by atoms with Crippen LogP contribution < -0.4 is 16.0 Å². The van der Waals surface area contributed by atoms with Gasteiger partial charge in [-0.05, 0) is 64.2 Å². The van der Waals surface area contributed by atoms with Crippen molar-refractivity contribution in [1.29, 1.82) is 0 Å². The number of nitrogens with one attached hydrogen (secondary N) is 3. The van der Waals surface area contributed by atoms with Gasteiger partial charge in [0, 0.05) is 12.5 Å². The van der Waals surface area contributed by atoms with E-state index in [1.807, 2.05) is 13.8 Å². The molecule has 0 heterocycles. The molecule has 0 spiro atoms. The Kier molecular flexibility index (Phi) is 10.4. The molecule has 3 amide bonds. The van der Waals surface area contributed by atoms with Crippen molar-refractivity contribution in [3.63, 3.8) is 0 Å². The molecule has 1 fully saturated rings. The Labute approximate surface area is 191 Å². The summed E-state index contributed by atoms with van der Waals surface area (Å²) in [7, 11) is 0. The van der Waals surface area contributed by atoms with Crippen molar-refractivity contribution in [3.8, 4) is 0 Å². The Morgan fingerprint density at radius 3 is 1.88 bits per heavy atom. The third kappa shape index (κ3) is 9.44. The molecule has 4 N–H and O–H groups in total. The normalized spacial score (nSPS) is 20.9. The van der Waals surface area contributed by atoms with Gasteiger partial charge in [0.2, 0.25) is 11.8 Å². The van der Waals surface area contributed by atoms with Crippen LogP contribution in [-0.2, 0) is 19.1 Å². The minimum absolute atomic E-state index is 0.106. The van der Waals surface area contributed by atoms with Crippen LogP contribution in [-0.4, -0.2) is 53.2 Å². The zero-order valence-electron chi connectivity index (χ0n) is 20.5. The molecule has 0 aliphatic heterocycles. The molecule has 9 heteroatoms. The third-order valence-corrected chi connectivity index (χ3v) is 5.63. The summed E-state index contributed by atoms with van der Waals surface area (Å²) < 4.78 is 5.25. The van der Waals surface area contributed by atoms with Crippen molar-refractivity contribution >= 4 is 23.9 Å². The highest BCUT2D eigenvalue weighted by molar-refractivity contribution is 5.86. The van der Waals surface area contributed by atoms with Crippen molar-refractivity contribution in [1.82, 2.24) is 16.0 Å². The van der Waals surface area contributed by atoms with Gasteiger partial charge in [-0.25, -0.2) is 9.59 Å². The van der Waals surface area contributed by atoms with E-state index in [2.05, 4.69) is 16.0 Å². The van der Waals surface area contributed by atoms with Crippen LogP contribution in [0.3, 0.4) is 0 Å². The van der Waals surface area contributed by atoms with Gasteiger partial charge in [-0.15, -0.1) is 0 Å². The van der Waals surface area contributed by atoms with Crippen molar-refractivity contribution < 1.29 is 29.0 Å². The second kappa shape index (κ2) is 12.1. The van der Waals surface area contributed by atoms with Gasteiger partial charge < -0.3 is 25.8 Å². The number of ether oxygens (including phenoxy) is 1. The number of hydrogen-bond acceptors (Lipinski definition) is 5. The van der Waals surface area contributed by atoms with E-state index in [0.29, 0.717) is 19.4 Å². The molecule has 184 valence electrons. The van der Waals surface area contributed by atoms with E-state index in [-0.39, 0.29) is 35.5 Å². The number of hydrogen-bond donors (Lipinski definition) is 4. The summed E-state index contributed by atoms with van der Waals surface area (Å²) in [6.07, 6.45) is 2.22. The zero-order valence-corrected chi connectivity index (χ0v) is 20.5. The lowest BCUT2D eigenvalue weighted by atomic mass is 9.81. The van der Waals surface area contributed by atoms with Gasteiger partial charge in [-0.3, -0.25) is 9.59 Å². The molecule has 0 unspecified atom stereocenters. The van der Waals surface area contributed by atoms with Crippen molar-refractivity contribution in [3.05, 3.63) is 0 Å². The van der Waals surface area contributed by atoms with Gasteiger partial charge in [-0.2, -0.15) is 0 Å². The fraction of sp³-hybridized carbons (Fsp3) is 0.826. The van der Waals surface area contributed by atoms with Gasteiger partial charge in [0.1, 0.15) is 17.7 Å². The van der Waals surface area contributed by atoms with Crippen LogP contribution in [0.4, 0.5) is 4.79 Å². The maximum atomic E-state index is 12.6. The van der Waals surface area contributed by atoms with Crippen LogP contribution in [0.1, 0.15) is 74.1 Å². The average Bonchev–Trinajstić information content (AvgIpc) is 2.66. The van der Waals surface area contributed by atoms with Crippen LogP contribution in [0, 0.1) is 23.7 Å². The highest BCUT2D eigenvalue weighted by atomic mass is 16.6.